The van der Waals surface area contributed by atoms with Crippen molar-refractivity contribution in [2.24, 2.45) is 11.8 Å². The van der Waals surface area contributed by atoms with Crippen molar-refractivity contribution >= 4 is 33.7 Å². The second-order valence-corrected chi connectivity index (χ2v) is 11.9. The molecule has 0 radical (unpaired) electrons. The van der Waals surface area contributed by atoms with Gasteiger partial charge in [-0.1, -0.05) is 65.3 Å². The van der Waals surface area contributed by atoms with Crippen molar-refractivity contribution in [2.75, 3.05) is 32.8 Å². The van der Waals surface area contributed by atoms with Crippen LogP contribution in [0, 0.1) is 11.8 Å². The van der Waals surface area contributed by atoms with Crippen molar-refractivity contribution in [3.8, 4) is 0 Å². The summed E-state index contributed by atoms with van der Waals surface area (Å²) in [6.07, 6.45) is 5.20. The number of aliphatic hydroxyl groups is 1. The maximum atomic E-state index is 14.4. The van der Waals surface area contributed by atoms with E-state index in [1.807, 2.05) is 37.3 Å². The molecule has 3 unspecified atom stereocenters. The minimum absolute atomic E-state index is 0.00248. The number of hydrogen-bond acceptors (Lipinski definition) is 5. The molecule has 3 heterocycles. The minimum atomic E-state index is -1.10. The van der Waals surface area contributed by atoms with Gasteiger partial charge in [-0.05, 0) is 31.2 Å². The first-order chi connectivity index (χ1) is 18.8. The van der Waals surface area contributed by atoms with Crippen molar-refractivity contribution in [2.45, 2.75) is 61.7 Å². The van der Waals surface area contributed by atoms with Crippen molar-refractivity contribution < 1.29 is 24.2 Å². The summed E-state index contributed by atoms with van der Waals surface area (Å²) < 4.78 is 6.65. The summed E-state index contributed by atoms with van der Waals surface area (Å²) in [5.74, 6) is -1.95. The van der Waals surface area contributed by atoms with Gasteiger partial charge in [-0.2, -0.15) is 0 Å². The number of rotatable bonds is 14. The molecule has 39 heavy (non-hydrogen) atoms. The lowest BCUT2D eigenvalue weighted by Crippen LogP contribution is -2.57. The third-order valence-corrected chi connectivity index (χ3v) is 8.99. The van der Waals surface area contributed by atoms with Crippen LogP contribution in [0.1, 0.15) is 38.2 Å². The van der Waals surface area contributed by atoms with Gasteiger partial charge in [0.25, 0.3) is 0 Å². The average Bonchev–Trinajstić information content (AvgIpc) is 3.52. The van der Waals surface area contributed by atoms with Crippen LogP contribution in [0.2, 0.25) is 0 Å². The Hall–Kier alpha value is -2.49. The fourth-order valence-electron chi connectivity index (χ4n) is 6.62. The third-order valence-electron chi connectivity index (χ3n) is 8.15. The molecule has 3 saturated heterocycles. The molecule has 0 aromatic heterocycles. The summed E-state index contributed by atoms with van der Waals surface area (Å²) >= 11 is 3.74. The van der Waals surface area contributed by atoms with E-state index >= 15 is 0 Å². The summed E-state index contributed by atoms with van der Waals surface area (Å²) in [7, 11) is 0. The van der Waals surface area contributed by atoms with Gasteiger partial charge in [-0.25, -0.2) is 0 Å². The predicted octanol–water partition coefficient (Wildman–Crippen LogP) is 3.15. The molecule has 1 N–H and O–H groups in total. The molecule has 4 rings (SSSR count). The Labute approximate surface area is 239 Å². The minimum Gasteiger partial charge on any atom is -0.396 e. The van der Waals surface area contributed by atoms with E-state index in [4.69, 9.17) is 4.74 Å². The molecule has 2 bridgehead atoms. The monoisotopic (exact) mass is 601 g/mol. The van der Waals surface area contributed by atoms with Crippen LogP contribution in [0.5, 0.6) is 0 Å². The normalized spacial score (nSPS) is 28.8. The zero-order chi connectivity index (χ0) is 28.2. The first-order valence-corrected chi connectivity index (χ1v) is 14.8. The predicted molar refractivity (Wildman–Crippen MR) is 153 cm³/mol. The smallest absolute Gasteiger partial charge is 0.248 e. The molecule has 8 nitrogen and oxygen atoms in total. The SMILES string of the molecule is C=CCN(Cc1ccccc1)C(=O)C1N(CCCCO)C(=O)[C@@H]2[C@H](C(=O)N(CC=C)CCC)[C@H]3OC12CC3Br. The Morgan fingerprint density at radius 2 is 1.85 bits per heavy atom. The Morgan fingerprint density at radius 1 is 1.15 bits per heavy atom. The van der Waals surface area contributed by atoms with Gasteiger partial charge in [-0.15, -0.1) is 13.2 Å². The van der Waals surface area contributed by atoms with E-state index in [1.165, 1.54) is 0 Å². The number of fused-ring (bicyclic) bond motifs is 1. The molecule has 1 spiro atoms. The Bertz CT molecular complexity index is 1070. The van der Waals surface area contributed by atoms with Crippen molar-refractivity contribution in [3.05, 3.63) is 61.2 Å². The lowest BCUT2D eigenvalue weighted by Gasteiger charge is -2.37. The molecule has 212 valence electrons. The molecule has 9 heteroatoms. The first kappa shape index (κ1) is 29.5. The average molecular weight is 603 g/mol. The first-order valence-electron chi connectivity index (χ1n) is 13.9. The van der Waals surface area contributed by atoms with Crippen LogP contribution in [0.25, 0.3) is 0 Å². The Kier molecular flexibility index (Phi) is 9.67. The van der Waals surface area contributed by atoms with Crippen molar-refractivity contribution in [1.29, 1.82) is 0 Å². The highest BCUT2D eigenvalue weighted by atomic mass is 79.9. The van der Waals surface area contributed by atoms with Crippen molar-refractivity contribution in [1.82, 2.24) is 14.7 Å². The molecule has 3 aliphatic heterocycles. The number of aliphatic hydroxyl groups excluding tert-OH is 1. The number of carbonyl (C=O) groups excluding carboxylic acids is 3. The van der Waals surface area contributed by atoms with Crippen LogP contribution in [0.15, 0.2) is 55.6 Å². The topological polar surface area (TPSA) is 90.4 Å². The molecule has 3 aliphatic rings. The number of likely N-dealkylation sites (tertiary alicyclic amines) is 1. The second-order valence-electron chi connectivity index (χ2n) is 10.7. The number of halogens is 1. The Balaban J connectivity index is 1.73. The number of alkyl halides is 1. The van der Waals surface area contributed by atoms with E-state index in [2.05, 4.69) is 29.1 Å². The number of amides is 3. The zero-order valence-electron chi connectivity index (χ0n) is 22.7. The van der Waals surface area contributed by atoms with Crippen LogP contribution < -0.4 is 0 Å². The summed E-state index contributed by atoms with van der Waals surface area (Å²) in [5, 5.41) is 9.40. The number of benzene rings is 1. The van der Waals surface area contributed by atoms with E-state index in [0.717, 1.165) is 12.0 Å². The van der Waals surface area contributed by atoms with Crippen LogP contribution in [0.3, 0.4) is 0 Å². The van der Waals surface area contributed by atoms with Gasteiger partial charge < -0.3 is 24.5 Å². The van der Waals surface area contributed by atoms with E-state index < -0.39 is 29.6 Å². The quantitative estimate of drug-likeness (QED) is 0.201. The number of carbonyl (C=O) groups is 3. The van der Waals surface area contributed by atoms with Gasteiger partial charge >= 0.3 is 0 Å². The highest BCUT2D eigenvalue weighted by molar-refractivity contribution is 9.09. The highest BCUT2D eigenvalue weighted by Gasteiger charge is 2.76. The van der Waals surface area contributed by atoms with Crippen LogP contribution in [0.4, 0.5) is 0 Å². The van der Waals surface area contributed by atoms with Gasteiger partial charge in [0.1, 0.15) is 11.6 Å². The van der Waals surface area contributed by atoms with Gasteiger partial charge in [-0.3, -0.25) is 14.4 Å². The van der Waals surface area contributed by atoms with E-state index in [9.17, 15) is 19.5 Å². The number of hydrogen-bond donors (Lipinski definition) is 1. The number of ether oxygens (including phenoxy) is 1. The highest BCUT2D eigenvalue weighted by Crippen LogP contribution is 2.60. The second kappa shape index (κ2) is 12.8. The van der Waals surface area contributed by atoms with Crippen LogP contribution >= 0.6 is 15.9 Å². The molecule has 6 atom stereocenters. The molecule has 1 aromatic carbocycles. The fraction of sp³-hybridized carbons (Fsp3) is 0.567. The van der Waals surface area contributed by atoms with Gasteiger partial charge in [0.05, 0.1) is 17.9 Å². The van der Waals surface area contributed by atoms with E-state index in [0.29, 0.717) is 52.0 Å². The fourth-order valence-corrected chi connectivity index (χ4v) is 7.56. The molecular weight excluding hydrogens is 562 g/mol. The third kappa shape index (κ3) is 5.45. The summed E-state index contributed by atoms with van der Waals surface area (Å²) in [6, 6.07) is 8.86. The molecule has 0 saturated carbocycles. The summed E-state index contributed by atoms with van der Waals surface area (Å²) in [5.41, 5.74) is -0.130. The van der Waals surface area contributed by atoms with Gasteiger partial charge in [0.15, 0.2) is 0 Å². The van der Waals surface area contributed by atoms with Crippen molar-refractivity contribution in [3.63, 3.8) is 0 Å². The van der Waals surface area contributed by atoms with Gasteiger partial charge in [0, 0.05) is 44.2 Å². The van der Waals surface area contributed by atoms with E-state index in [-0.39, 0.29) is 29.2 Å². The molecular formula is C30H40BrN3O5. The standard InChI is InChI=1S/C30H40BrN3O5/c1-4-14-32(15-5-2)27(36)23-24-28(37)34(17-10-11-18-35)26(30(24)19-22(31)25(23)39-30)29(38)33(16-6-3)20-21-12-8-7-9-13-21/h4,6-9,12-13,22-26,35H,1,3,5,10-11,14-20H2,2H3/t22?,23-,24-,25-,26?,30?/m0/s1. The lowest BCUT2D eigenvalue weighted by atomic mass is 9.70. The summed E-state index contributed by atoms with van der Waals surface area (Å²) in [6.45, 7) is 11.6. The number of nitrogens with zero attached hydrogens (tertiary/aromatic N) is 3. The van der Waals surface area contributed by atoms with Crippen LogP contribution in [-0.4, -0.2) is 92.9 Å². The van der Waals surface area contributed by atoms with Gasteiger partial charge in [0.2, 0.25) is 17.7 Å². The largest absolute Gasteiger partial charge is 0.396 e. The van der Waals surface area contributed by atoms with E-state index in [1.54, 1.807) is 26.9 Å². The maximum absolute atomic E-state index is 14.4. The Morgan fingerprint density at radius 3 is 2.49 bits per heavy atom. The maximum Gasteiger partial charge on any atom is 0.248 e. The summed E-state index contributed by atoms with van der Waals surface area (Å²) in [4.78, 5) is 47.4. The molecule has 3 fully saturated rings. The molecule has 1 aromatic rings. The lowest BCUT2D eigenvalue weighted by molar-refractivity contribution is -0.149. The molecule has 3 amide bonds. The number of unbranched alkanes of at least 4 members (excludes halogenated alkanes) is 1. The molecule has 0 aliphatic carbocycles. The zero-order valence-corrected chi connectivity index (χ0v) is 24.3. The van der Waals surface area contributed by atoms with Crippen LogP contribution in [-0.2, 0) is 25.7 Å².